The second-order valence-corrected chi connectivity index (χ2v) is 8.90. The first-order valence-electron chi connectivity index (χ1n) is 9.19. The predicted molar refractivity (Wildman–Crippen MR) is 119 cm³/mol. The first-order valence-corrected chi connectivity index (χ1v) is 11.0. The largest absolute Gasteiger partial charge is 0.271 e. The van der Waals surface area contributed by atoms with E-state index in [0.29, 0.717) is 16.1 Å². The number of nitrogens with one attached hydrogen (secondary N) is 1. The second kappa shape index (κ2) is 9.72. The van der Waals surface area contributed by atoms with Gasteiger partial charge in [-0.3, -0.25) is 9.10 Å². The van der Waals surface area contributed by atoms with E-state index in [0.717, 1.165) is 4.31 Å². The van der Waals surface area contributed by atoms with Crippen LogP contribution in [-0.4, -0.2) is 27.1 Å². The SMILES string of the molecule is Cc1ccc(Cl)cc1N(CC(=O)N/N=C\c1ccc(F)cc1)S(=O)(=O)c1ccccc1. The second-order valence-electron chi connectivity index (χ2n) is 6.60. The van der Waals surface area contributed by atoms with E-state index in [-0.39, 0.29) is 16.4 Å². The number of hydrogen-bond acceptors (Lipinski definition) is 4. The minimum Gasteiger partial charge on any atom is -0.271 e. The summed E-state index contributed by atoms with van der Waals surface area (Å²) < 4.78 is 40.5. The standard InChI is InChI=1S/C22H19ClFN3O3S/c1-16-7-10-18(23)13-21(16)27(31(29,30)20-5-3-2-4-6-20)15-22(28)26-25-14-17-8-11-19(24)12-9-17/h2-14H,15H2,1H3,(H,26,28)/b25-14-. The molecule has 3 aromatic carbocycles. The lowest BCUT2D eigenvalue weighted by molar-refractivity contribution is -0.119. The average Bonchev–Trinajstić information content (AvgIpc) is 2.76. The van der Waals surface area contributed by atoms with E-state index in [1.165, 1.54) is 48.7 Å². The van der Waals surface area contributed by atoms with Crippen molar-refractivity contribution in [2.45, 2.75) is 11.8 Å². The Morgan fingerprint density at radius 3 is 2.45 bits per heavy atom. The van der Waals surface area contributed by atoms with Crippen molar-refractivity contribution >= 4 is 39.4 Å². The molecule has 0 heterocycles. The van der Waals surface area contributed by atoms with Crippen LogP contribution in [-0.2, 0) is 14.8 Å². The van der Waals surface area contributed by atoms with Gasteiger partial charge in [-0.15, -0.1) is 0 Å². The first kappa shape index (κ1) is 22.5. The molecule has 0 unspecified atom stereocenters. The maximum absolute atomic E-state index is 13.3. The molecule has 31 heavy (non-hydrogen) atoms. The topological polar surface area (TPSA) is 78.8 Å². The molecule has 0 atom stereocenters. The van der Waals surface area contributed by atoms with Crippen molar-refractivity contribution in [3.05, 3.63) is 94.8 Å². The maximum atomic E-state index is 13.3. The Balaban J connectivity index is 1.87. The molecule has 0 radical (unpaired) electrons. The predicted octanol–water partition coefficient (Wildman–Crippen LogP) is 4.13. The van der Waals surface area contributed by atoms with Crippen LogP contribution in [0.5, 0.6) is 0 Å². The Bertz CT molecular complexity index is 1200. The number of hydrazone groups is 1. The molecule has 0 spiro atoms. The fourth-order valence-corrected chi connectivity index (χ4v) is 4.43. The summed E-state index contributed by atoms with van der Waals surface area (Å²) >= 11 is 6.08. The monoisotopic (exact) mass is 459 g/mol. The van der Waals surface area contributed by atoms with Crippen LogP contribution < -0.4 is 9.73 Å². The van der Waals surface area contributed by atoms with Crippen molar-refractivity contribution in [1.82, 2.24) is 5.43 Å². The van der Waals surface area contributed by atoms with Crippen molar-refractivity contribution in [3.8, 4) is 0 Å². The third-order valence-corrected chi connectivity index (χ3v) is 6.34. The highest BCUT2D eigenvalue weighted by molar-refractivity contribution is 7.92. The Hall–Kier alpha value is -3.23. The van der Waals surface area contributed by atoms with Crippen LogP contribution in [0.3, 0.4) is 0 Å². The Labute approximate surface area is 185 Å². The van der Waals surface area contributed by atoms with Gasteiger partial charge >= 0.3 is 0 Å². The summed E-state index contributed by atoms with van der Waals surface area (Å²) in [5, 5.41) is 4.15. The summed E-state index contributed by atoms with van der Waals surface area (Å²) in [4.78, 5) is 12.6. The van der Waals surface area contributed by atoms with Gasteiger partial charge in [-0.1, -0.05) is 48.0 Å². The number of halogens is 2. The van der Waals surface area contributed by atoms with Gasteiger partial charge in [0, 0.05) is 5.02 Å². The molecule has 1 amide bonds. The van der Waals surface area contributed by atoms with Gasteiger partial charge in [-0.25, -0.2) is 18.2 Å². The molecule has 0 fully saturated rings. The lowest BCUT2D eigenvalue weighted by Crippen LogP contribution is -2.40. The molecular formula is C22H19ClFN3O3S. The van der Waals surface area contributed by atoms with Crippen molar-refractivity contribution in [3.63, 3.8) is 0 Å². The van der Waals surface area contributed by atoms with E-state index in [2.05, 4.69) is 10.5 Å². The highest BCUT2D eigenvalue weighted by Gasteiger charge is 2.28. The zero-order valence-electron chi connectivity index (χ0n) is 16.5. The molecule has 0 aliphatic rings. The summed E-state index contributed by atoms with van der Waals surface area (Å²) in [7, 11) is -4.05. The zero-order valence-corrected chi connectivity index (χ0v) is 18.1. The Kier molecular flexibility index (Phi) is 7.04. The van der Waals surface area contributed by atoms with Crippen LogP contribution in [0.15, 0.2) is 82.8 Å². The molecular weight excluding hydrogens is 441 g/mol. The lowest BCUT2D eigenvalue weighted by Gasteiger charge is -2.25. The highest BCUT2D eigenvalue weighted by Crippen LogP contribution is 2.29. The molecule has 0 aromatic heterocycles. The number of carbonyl (C=O) groups is 1. The van der Waals surface area contributed by atoms with Crippen molar-refractivity contribution < 1.29 is 17.6 Å². The van der Waals surface area contributed by atoms with Gasteiger partial charge in [0.25, 0.3) is 15.9 Å². The van der Waals surface area contributed by atoms with Crippen LogP contribution in [0.4, 0.5) is 10.1 Å². The molecule has 1 N–H and O–H groups in total. The number of carbonyl (C=O) groups excluding carboxylic acids is 1. The number of nitrogens with zero attached hydrogens (tertiary/aromatic N) is 2. The van der Waals surface area contributed by atoms with Gasteiger partial charge in [0.05, 0.1) is 16.8 Å². The van der Waals surface area contributed by atoms with E-state index < -0.39 is 22.5 Å². The van der Waals surface area contributed by atoms with Gasteiger partial charge in [0.15, 0.2) is 0 Å². The number of sulfonamides is 1. The normalized spacial score (nSPS) is 11.5. The number of benzene rings is 3. The molecule has 160 valence electrons. The minimum absolute atomic E-state index is 0.0389. The van der Waals surface area contributed by atoms with Crippen LogP contribution >= 0.6 is 11.6 Å². The van der Waals surface area contributed by atoms with Crippen molar-refractivity contribution in [2.75, 3.05) is 10.8 Å². The molecule has 6 nitrogen and oxygen atoms in total. The smallest absolute Gasteiger partial charge is 0.264 e. The first-order chi connectivity index (χ1) is 14.8. The summed E-state index contributed by atoms with van der Waals surface area (Å²) in [5.41, 5.74) is 3.79. The molecule has 0 aliphatic heterocycles. The van der Waals surface area contributed by atoms with Gasteiger partial charge < -0.3 is 0 Å². The van der Waals surface area contributed by atoms with Gasteiger partial charge in [-0.2, -0.15) is 5.10 Å². The number of hydrogen-bond donors (Lipinski definition) is 1. The van der Waals surface area contributed by atoms with E-state index in [4.69, 9.17) is 11.6 Å². The summed E-state index contributed by atoms with van der Waals surface area (Å²) in [6.07, 6.45) is 1.33. The van der Waals surface area contributed by atoms with E-state index >= 15 is 0 Å². The van der Waals surface area contributed by atoms with Gasteiger partial charge in [-0.05, 0) is 54.4 Å². The number of amides is 1. The highest BCUT2D eigenvalue weighted by atomic mass is 35.5. The lowest BCUT2D eigenvalue weighted by atomic mass is 10.2. The Morgan fingerprint density at radius 1 is 1.10 bits per heavy atom. The van der Waals surface area contributed by atoms with Crippen LogP contribution in [0.25, 0.3) is 0 Å². The zero-order chi connectivity index (χ0) is 22.4. The Morgan fingerprint density at radius 2 is 1.77 bits per heavy atom. The molecule has 0 saturated heterocycles. The van der Waals surface area contributed by atoms with Crippen molar-refractivity contribution in [2.24, 2.45) is 5.10 Å². The molecule has 9 heteroatoms. The molecule has 3 rings (SSSR count). The third-order valence-electron chi connectivity index (χ3n) is 4.33. The van der Waals surface area contributed by atoms with Crippen LogP contribution in [0.1, 0.15) is 11.1 Å². The number of aryl methyl sites for hydroxylation is 1. The fourth-order valence-electron chi connectivity index (χ4n) is 2.76. The van der Waals surface area contributed by atoms with Gasteiger partial charge in [0.2, 0.25) is 0 Å². The van der Waals surface area contributed by atoms with Crippen molar-refractivity contribution in [1.29, 1.82) is 0 Å². The minimum atomic E-state index is -4.05. The number of rotatable bonds is 7. The van der Waals surface area contributed by atoms with E-state index in [1.807, 2.05) is 0 Å². The van der Waals surface area contributed by atoms with Crippen LogP contribution in [0, 0.1) is 12.7 Å². The summed E-state index contributed by atoms with van der Waals surface area (Å²) in [5.74, 6) is -1.04. The quantitative estimate of drug-likeness (QED) is 0.426. The average molecular weight is 460 g/mol. The molecule has 0 aliphatic carbocycles. The fraction of sp³-hybridized carbons (Fsp3) is 0.0909. The summed E-state index contributed by atoms with van der Waals surface area (Å²) in [6, 6.07) is 18.1. The maximum Gasteiger partial charge on any atom is 0.264 e. The summed E-state index contributed by atoms with van der Waals surface area (Å²) in [6.45, 7) is 1.21. The van der Waals surface area contributed by atoms with E-state index in [1.54, 1.807) is 37.3 Å². The molecule has 0 saturated carbocycles. The molecule has 0 bridgehead atoms. The van der Waals surface area contributed by atoms with E-state index in [9.17, 15) is 17.6 Å². The van der Waals surface area contributed by atoms with Gasteiger partial charge in [0.1, 0.15) is 12.4 Å². The third kappa shape index (κ3) is 5.68. The molecule has 3 aromatic rings. The van der Waals surface area contributed by atoms with Crippen LogP contribution in [0.2, 0.25) is 5.02 Å². The number of anilines is 1.